The van der Waals surface area contributed by atoms with E-state index in [2.05, 4.69) is 27.7 Å². The summed E-state index contributed by atoms with van der Waals surface area (Å²) in [7, 11) is 1.28. The van der Waals surface area contributed by atoms with Crippen molar-refractivity contribution < 1.29 is 18.8 Å². The van der Waals surface area contributed by atoms with Crippen molar-refractivity contribution in [3.8, 4) is 11.5 Å². The normalized spacial score (nSPS) is 18.2. The van der Waals surface area contributed by atoms with Crippen molar-refractivity contribution in [3.63, 3.8) is 0 Å². The summed E-state index contributed by atoms with van der Waals surface area (Å²) in [4.78, 5) is 0. The first-order valence-electron chi connectivity index (χ1n) is 8.53. The molecule has 25 heavy (non-hydrogen) atoms. The van der Waals surface area contributed by atoms with E-state index >= 15 is 0 Å². The van der Waals surface area contributed by atoms with Crippen molar-refractivity contribution in [1.29, 1.82) is 0 Å². The Labute approximate surface area is 150 Å². The summed E-state index contributed by atoms with van der Waals surface area (Å²) >= 11 is 0. The van der Waals surface area contributed by atoms with Crippen LogP contribution in [0, 0.1) is 0 Å². The zero-order chi connectivity index (χ0) is 18.1. The maximum absolute atomic E-state index is 6.11. The van der Waals surface area contributed by atoms with E-state index in [0.717, 1.165) is 22.5 Å². The minimum absolute atomic E-state index is 0.355. The Morgan fingerprint density at radius 3 is 2.28 bits per heavy atom. The van der Waals surface area contributed by atoms with Crippen LogP contribution in [0.1, 0.15) is 33.3 Å². The molecule has 0 radical (unpaired) electrons. The zero-order valence-electron chi connectivity index (χ0n) is 15.5. The molecule has 1 fully saturated rings. The van der Waals surface area contributed by atoms with Crippen LogP contribution in [0.2, 0.25) is 0 Å². The van der Waals surface area contributed by atoms with E-state index in [0.29, 0.717) is 6.61 Å². The van der Waals surface area contributed by atoms with Crippen LogP contribution in [0.25, 0.3) is 0 Å². The van der Waals surface area contributed by atoms with Crippen molar-refractivity contribution in [2.24, 2.45) is 0 Å². The van der Waals surface area contributed by atoms with Gasteiger partial charge in [-0.2, -0.15) is 0 Å². The van der Waals surface area contributed by atoms with E-state index in [1.165, 1.54) is 0 Å². The lowest BCUT2D eigenvalue weighted by Crippen LogP contribution is -2.41. The molecule has 0 unspecified atom stereocenters. The Kier molecular flexibility index (Phi) is 4.80. The summed E-state index contributed by atoms with van der Waals surface area (Å²) < 4.78 is 23.5. The fourth-order valence-corrected chi connectivity index (χ4v) is 2.71. The van der Waals surface area contributed by atoms with Gasteiger partial charge in [-0.3, -0.25) is 0 Å². The van der Waals surface area contributed by atoms with Crippen molar-refractivity contribution in [2.45, 2.75) is 45.5 Å². The number of benzene rings is 2. The van der Waals surface area contributed by atoms with Gasteiger partial charge in [-0.05, 0) is 51.4 Å². The summed E-state index contributed by atoms with van der Waals surface area (Å²) in [6, 6.07) is 15.7. The van der Waals surface area contributed by atoms with Gasteiger partial charge >= 0.3 is 7.12 Å². The molecule has 0 spiro atoms. The summed E-state index contributed by atoms with van der Waals surface area (Å²) in [5.41, 5.74) is 1.25. The highest BCUT2D eigenvalue weighted by molar-refractivity contribution is 6.62. The van der Waals surface area contributed by atoms with E-state index in [-0.39, 0.29) is 18.3 Å². The van der Waals surface area contributed by atoms with Crippen LogP contribution >= 0.6 is 0 Å². The quantitative estimate of drug-likeness (QED) is 0.780. The molecule has 0 aliphatic carbocycles. The van der Waals surface area contributed by atoms with E-state index in [1.807, 2.05) is 48.5 Å². The predicted molar refractivity (Wildman–Crippen MR) is 99.5 cm³/mol. The number of para-hydroxylation sites is 1. The lowest BCUT2D eigenvalue weighted by molar-refractivity contribution is 0.00578. The molecule has 3 rings (SSSR count). The van der Waals surface area contributed by atoms with Gasteiger partial charge in [0.1, 0.15) is 18.1 Å². The molecule has 2 aromatic carbocycles. The maximum atomic E-state index is 6.11. The third-order valence-electron chi connectivity index (χ3n) is 4.97. The lowest BCUT2D eigenvalue weighted by Gasteiger charge is -2.32. The first-order chi connectivity index (χ1) is 11.8. The maximum Gasteiger partial charge on any atom is 0.494 e. The smallest absolute Gasteiger partial charge is 0.494 e. The Morgan fingerprint density at radius 1 is 0.920 bits per heavy atom. The van der Waals surface area contributed by atoms with Crippen LogP contribution in [0.4, 0.5) is 0 Å². The van der Waals surface area contributed by atoms with E-state index in [1.54, 1.807) is 7.11 Å². The monoisotopic (exact) mass is 340 g/mol. The van der Waals surface area contributed by atoms with Gasteiger partial charge < -0.3 is 18.8 Å². The van der Waals surface area contributed by atoms with Gasteiger partial charge in [0, 0.05) is 5.56 Å². The number of hydrogen-bond donors (Lipinski definition) is 0. The van der Waals surface area contributed by atoms with Gasteiger partial charge in [0.2, 0.25) is 0 Å². The van der Waals surface area contributed by atoms with Gasteiger partial charge in [0.05, 0.1) is 18.3 Å². The summed E-state index contributed by atoms with van der Waals surface area (Å²) in [6.45, 7) is 8.64. The highest BCUT2D eigenvalue weighted by atomic mass is 16.7. The van der Waals surface area contributed by atoms with Gasteiger partial charge in [-0.1, -0.05) is 30.3 Å². The first kappa shape index (κ1) is 17.8. The van der Waals surface area contributed by atoms with Crippen molar-refractivity contribution in [1.82, 2.24) is 0 Å². The molecule has 0 aromatic heterocycles. The minimum Gasteiger partial charge on any atom is -0.496 e. The lowest BCUT2D eigenvalue weighted by atomic mass is 9.79. The second kappa shape index (κ2) is 6.73. The van der Waals surface area contributed by atoms with Crippen LogP contribution in [0.15, 0.2) is 48.5 Å². The molecule has 0 amide bonds. The molecular formula is C20H25BO4. The highest BCUT2D eigenvalue weighted by Crippen LogP contribution is 2.36. The van der Waals surface area contributed by atoms with Crippen molar-refractivity contribution in [2.75, 3.05) is 7.11 Å². The zero-order valence-corrected chi connectivity index (χ0v) is 15.5. The fourth-order valence-electron chi connectivity index (χ4n) is 2.71. The molecule has 4 nitrogen and oxygen atoms in total. The molecule has 2 aromatic rings. The van der Waals surface area contributed by atoms with Crippen LogP contribution in [0.3, 0.4) is 0 Å². The Balaban J connectivity index is 1.72. The van der Waals surface area contributed by atoms with E-state index < -0.39 is 0 Å². The molecule has 132 valence electrons. The third kappa shape index (κ3) is 3.67. The molecule has 1 aliphatic rings. The van der Waals surface area contributed by atoms with Crippen molar-refractivity contribution >= 4 is 12.6 Å². The Bertz CT molecular complexity index is 726. The van der Waals surface area contributed by atoms with Crippen molar-refractivity contribution in [3.05, 3.63) is 54.1 Å². The number of ether oxygens (including phenoxy) is 2. The summed E-state index contributed by atoms with van der Waals surface area (Å²) in [6.07, 6.45) is 0. The van der Waals surface area contributed by atoms with E-state index in [4.69, 9.17) is 18.8 Å². The fraction of sp³-hybridized carbons (Fsp3) is 0.400. The highest BCUT2D eigenvalue weighted by Gasteiger charge is 2.51. The topological polar surface area (TPSA) is 36.9 Å². The van der Waals surface area contributed by atoms with E-state index in [9.17, 15) is 0 Å². The molecule has 5 heteroatoms. The molecule has 0 saturated carbocycles. The van der Waals surface area contributed by atoms with Gasteiger partial charge in [0.25, 0.3) is 0 Å². The second-order valence-electron chi connectivity index (χ2n) is 7.26. The van der Waals surface area contributed by atoms with Crippen LogP contribution in [-0.4, -0.2) is 25.4 Å². The average Bonchev–Trinajstić information content (AvgIpc) is 2.81. The molecular weight excluding hydrogens is 315 g/mol. The van der Waals surface area contributed by atoms with Crippen LogP contribution in [0.5, 0.6) is 11.5 Å². The molecule has 1 aliphatic heterocycles. The van der Waals surface area contributed by atoms with Crippen LogP contribution in [-0.2, 0) is 15.9 Å². The first-order valence-corrected chi connectivity index (χ1v) is 8.53. The van der Waals surface area contributed by atoms with Gasteiger partial charge in [-0.25, -0.2) is 0 Å². The molecule has 1 saturated heterocycles. The predicted octanol–water partition coefficient (Wildman–Crippen LogP) is 3.57. The second-order valence-corrected chi connectivity index (χ2v) is 7.26. The molecule has 1 heterocycles. The molecule has 0 atom stereocenters. The van der Waals surface area contributed by atoms with Gasteiger partial charge in [0.15, 0.2) is 0 Å². The largest absolute Gasteiger partial charge is 0.496 e. The van der Waals surface area contributed by atoms with Crippen LogP contribution < -0.4 is 14.9 Å². The Morgan fingerprint density at radius 2 is 1.60 bits per heavy atom. The average molecular weight is 340 g/mol. The SMILES string of the molecule is COc1ccccc1COc1cccc(B2OC(C)(C)C(C)(C)O2)c1. The molecule has 0 bridgehead atoms. The number of hydrogen-bond acceptors (Lipinski definition) is 4. The summed E-state index contributed by atoms with van der Waals surface area (Å²) in [5, 5.41) is 0. The minimum atomic E-state index is -0.389. The number of rotatable bonds is 5. The third-order valence-corrected chi connectivity index (χ3v) is 4.97. The van der Waals surface area contributed by atoms with Gasteiger partial charge in [-0.15, -0.1) is 0 Å². The standard InChI is InChI=1S/C20H25BO4/c1-19(2)20(3,4)25-21(24-19)16-10-8-11-17(13-16)23-14-15-9-6-7-12-18(15)22-5/h6-13H,14H2,1-5H3. The Hall–Kier alpha value is -1.98. The summed E-state index contributed by atoms with van der Waals surface area (Å²) in [5.74, 6) is 1.60. The molecule has 0 N–H and O–H groups in total. The number of methoxy groups -OCH3 is 1.